The summed E-state index contributed by atoms with van der Waals surface area (Å²) in [5.41, 5.74) is -0.451. The van der Waals surface area contributed by atoms with E-state index in [0.717, 1.165) is 0 Å². The van der Waals surface area contributed by atoms with Gasteiger partial charge in [-0.2, -0.15) is 0 Å². The summed E-state index contributed by atoms with van der Waals surface area (Å²) in [5.74, 6) is -0.236. The molecule has 0 spiro atoms. The summed E-state index contributed by atoms with van der Waals surface area (Å²) in [6.07, 6.45) is 2.95. The quantitative estimate of drug-likeness (QED) is 0.809. The molecule has 0 aliphatic carbocycles. The van der Waals surface area contributed by atoms with E-state index in [-0.39, 0.29) is 28.6 Å². The molecule has 2 heterocycles. The van der Waals surface area contributed by atoms with Crippen LogP contribution in [0.25, 0.3) is 0 Å². The van der Waals surface area contributed by atoms with Crippen LogP contribution in [0.4, 0.5) is 0 Å². The molecule has 5 nitrogen and oxygen atoms in total. The molecule has 0 radical (unpaired) electrons. The summed E-state index contributed by atoms with van der Waals surface area (Å²) in [6.45, 7) is 6.81. The number of rotatable bonds is 1. The average Bonchev–Trinajstić information content (AvgIpc) is 2.26. The number of aromatic amines is 1. The van der Waals surface area contributed by atoms with Crippen LogP contribution < -0.4 is 5.43 Å². The number of amides is 1. The molecule has 1 fully saturated rings. The Hall–Kier alpha value is -1.62. The molecule has 1 aromatic rings. The number of aromatic nitrogens is 1. The molecule has 1 N–H and O–H groups in total. The summed E-state index contributed by atoms with van der Waals surface area (Å²) in [4.78, 5) is 28.4. The fourth-order valence-corrected chi connectivity index (χ4v) is 2.36. The Balaban J connectivity index is 2.24. The summed E-state index contributed by atoms with van der Waals surface area (Å²) in [5, 5.41) is 0. The summed E-state index contributed by atoms with van der Waals surface area (Å²) in [7, 11) is 0. The first-order valence-corrected chi connectivity index (χ1v) is 6.03. The summed E-state index contributed by atoms with van der Waals surface area (Å²) >= 11 is 0. The first-order valence-electron chi connectivity index (χ1n) is 6.03. The molecule has 18 heavy (non-hydrogen) atoms. The van der Waals surface area contributed by atoms with E-state index >= 15 is 0 Å². The number of morpholine rings is 1. The number of carbonyl (C=O) groups excluding carboxylic acids is 1. The minimum atomic E-state index is -0.380. The van der Waals surface area contributed by atoms with Crippen molar-refractivity contribution in [2.24, 2.45) is 0 Å². The van der Waals surface area contributed by atoms with Crippen molar-refractivity contribution in [3.8, 4) is 0 Å². The lowest BCUT2D eigenvalue weighted by molar-refractivity contribution is -0.118. The predicted octanol–water partition coefficient (Wildman–Crippen LogP) is 1.01. The van der Waals surface area contributed by atoms with E-state index in [2.05, 4.69) is 4.98 Å². The third kappa shape index (κ3) is 2.61. The molecule has 1 aromatic heterocycles. The molecule has 1 atom stereocenters. The molecule has 0 aromatic carbocycles. The number of nitrogens with zero attached hydrogens (tertiary/aromatic N) is 1. The third-order valence-electron chi connectivity index (χ3n) is 2.91. The van der Waals surface area contributed by atoms with Crippen LogP contribution >= 0.6 is 0 Å². The highest BCUT2D eigenvalue weighted by Crippen LogP contribution is 2.21. The Bertz CT molecular complexity index is 507. The van der Waals surface area contributed by atoms with E-state index in [1.165, 1.54) is 18.5 Å². The van der Waals surface area contributed by atoms with Gasteiger partial charge >= 0.3 is 0 Å². The Morgan fingerprint density at radius 1 is 1.56 bits per heavy atom. The molecular formula is C13H18N2O3. The van der Waals surface area contributed by atoms with E-state index < -0.39 is 0 Å². The van der Waals surface area contributed by atoms with Gasteiger partial charge in [0.1, 0.15) is 5.56 Å². The first kappa shape index (κ1) is 12.8. The van der Waals surface area contributed by atoms with Crippen molar-refractivity contribution in [3.05, 3.63) is 34.2 Å². The lowest BCUT2D eigenvalue weighted by atomic mass is 10.0. The molecule has 5 heteroatoms. The highest BCUT2D eigenvalue weighted by Gasteiger charge is 2.34. The smallest absolute Gasteiger partial charge is 0.259 e. The Labute approximate surface area is 106 Å². The Kier molecular flexibility index (Phi) is 3.26. The molecule has 0 saturated carbocycles. The zero-order chi connectivity index (χ0) is 13.3. The van der Waals surface area contributed by atoms with Crippen LogP contribution in [-0.4, -0.2) is 40.6 Å². The summed E-state index contributed by atoms with van der Waals surface area (Å²) < 4.78 is 5.74. The van der Waals surface area contributed by atoms with Gasteiger partial charge in [0.05, 0.1) is 11.7 Å². The largest absolute Gasteiger partial charge is 0.369 e. The van der Waals surface area contributed by atoms with Crippen LogP contribution in [0.2, 0.25) is 0 Å². The zero-order valence-electron chi connectivity index (χ0n) is 10.9. The maximum absolute atomic E-state index is 12.3. The van der Waals surface area contributed by atoms with Crippen LogP contribution in [0, 0.1) is 0 Å². The zero-order valence-corrected chi connectivity index (χ0v) is 10.9. The Morgan fingerprint density at radius 3 is 2.89 bits per heavy atom. The number of H-pyrrole nitrogens is 1. The predicted molar refractivity (Wildman–Crippen MR) is 67.6 cm³/mol. The average molecular weight is 250 g/mol. The first-order chi connectivity index (χ1) is 8.39. The van der Waals surface area contributed by atoms with E-state index in [9.17, 15) is 9.59 Å². The van der Waals surface area contributed by atoms with Crippen molar-refractivity contribution in [3.63, 3.8) is 0 Å². The Morgan fingerprint density at radius 2 is 2.28 bits per heavy atom. The minimum Gasteiger partial charge on any atom is -0.369 e. The molecule has 0 bridgehead atoms. The molecule has 1 aliphatic heterocycles. The number of hydrogen-bond acceptors (Lipinski definition) is 3. The normalized spacial score (nSPS) is 22.8. The second-order valence-electron chi connectivity index (χ2n) is 5.30. The van der Waals surface area contributed by atoms with Crippen LogP contribution in [0.3, 0.4) is 0 Å². The molecule has 1 aliphatic rings. The van der Waals surface area contributed by atoms with Crippen LogP contribution in [0.15, 0.2) is 23.3 Å². The van der Waals surface area contributed by atoms with Gasteiger partial charge in [0.25, 0.3) is 5.91 Å². The molecule has 1 unspecified atom stereocenters. The molecule has 1 saturated heterocycles. The second kappa shape index (κ2) is 4.57. The fourth-order valence-electron chi connectivity index (χ4n) is 2.36. The van der Waals surface area contributed by atoms with Gasteiger partial charge in [-0.05, 0) is 20.8 Å². The molecular weight excluding hydrogens is 232 g/mol. The van der Waals surface area contributed by atoms with Gasteiger partial charge in [0.15, 0.2) is 5.43 Å². The SMILES string of the molecule is CC1CN(C(=O)c2c[nH]ccc2=O)CC(C)(C)O1. The van der Waals surface area contributed by atoms with Crippen molar-refractivity contribution in [2.45, 2.75) is 32.5 Å². The summed E-state index contributed by atoms with van der Waals surface area (Å²) in [6, 6.07) is 1.36. The van der Waals surface area contributed by atoms with E-state index in [1.54, 1.807) is 4.90 Å². The van der Waals surface area contributed by atoms with Gasteiger partial charge in [0, 0.05) is 31.5 Å². The van der Waals surface area contributed by atoms with Crippen molar-refractivity contribution >= 4 is 5.91 Å². The van der Waals surface area contributed by atoms with Gasteiger partial charge in [-0.25, -0.2) is 0 Å². The van der Waals surface area contributed by atoms with Gasteiger partial charge in [-0.1, -0.05) is 0 Å². The van der Waals surface area contributed by atoms with E-state index in [0.29, 0.717) is 13.1 Å². The monoisotopic (exact) mass is 250 g/mol. The van der Waals surface area contributed by atoms with Crippen molar-refractivity contribution in [1.82, 2.24) is 9.88 Å². The fraction of sp³-hybridized carbons (Fsp3) is 0.538. The number of nitrogens with one attached hydrogen (secondary N) is 1. The van der Waals surface area contributed by atoms with Gasteiger partial charge in [0.2, 0.25) is 0 Å². The second-order valence-corrected chi connectivity index (χ2v) is 5.30. The lowest BCUT2D eigenvalue weighted by Crippen LogP contribution is -2.54. The van der Waals surface area contributed by atoms with E-state index in [4.69, 9.17) is 4.74 Å². The van der Waals surface area contributed by atoms with Crippen molar-refractivity contribution in [1.29, 1.82) is 0 Å². The van der Waals surface area contributed by atoms with Crippen LogP contribution in [0.1, 0.15) is 31.1 Å². The lowest BCUT2D eigenvalue weighted by Gasteiger charge is -2.41. The van der Waals surface area contributed by atoms with Gasteiger partial charge in [-0.15, -0.1) is 0 Å². The van der Waals surface area contributed by atoms with Crippen LogP contribution in [0.5, 0.6) is 0 Å². The van der Waals surface area contributed by atoms with Crippen molar-refractivity contribution in [2.75, 3.05) is 13.1 Å². The maximum Gasteiger partial charge on any atom is 0.259 e. The standard InChI is InChI=1S/C13H18N2O3/c1-9-7-15(8-13(2,3)18-9)12(17)10-6-14-5-4-11(10)16/h4-6,9H,7-8H2,1-3H3,(H,14,16). The highest BCUT2D eigenvalue weighted by molar-refractivity contribution is 5.93. The highest BCUT2D eigenvalue weighted by atomic mass is 16.5. The number of pyridine rings is 1. The van der Waals surface area contributed by atoms with E-state index in [1.807, 2.05) is 20.8 Å². The molecule has 1 amide bonds. The topological polar surface area (TPSA) is 62.4 Å². The number of hydrogen-bond donors (Lipinski definition) is 1. The maximum atomic E-state index is 12.3. The van der Waals surface area contributed by atoms with Gasteiger partial charge in [-0.3, -0.25) is 9.59 Å². The number of carbonyl (C=O) groups is 1. The minimum absolute atomic E-state index is 0.0273. The molecule has 98 valence electrons. The molecule has 2 rings (SSSR count). The van der Waals surface area contributed by atoms with Crippen molar-refractivity contribution < 1.29 is 9.53 Å². The number of ether oxygens (including phenoxy) is 1. The van der Waals surface area contributed by atoms with Gasteiger partial charge < -0.3 is 14.6 Å². The van der Waals surface area contributed by atoms with Crippen LogP contribution in [-0.2, 0) is 4.74 Å². The third-order valence-corrected chi connectivity index (χ3v) is 2.91.